The van der Waals surface area contributed by atoms with E-state index < -0.39 is 2.14 Å². The van der Waals surface area contributed by atoms with Crippen LogP contribution in [0.25, 0.3) is 0 Å². The number of ether oxygens (including phenoxy) is 1. The molecule has 4 fully saturated rings. The van der Waals surface area contributed by atoms with Crippen LogP contribution in [0.15, 0.2) is 0 Å². The SMILES string of the molecule is O=COC12CC3CC(CC(NC(=O)C(Br)(Br)Br)(C3)C1)C2. The quantitative estimate of drug-likeness (QED) is 0.506. The zero-order valence-corrected chi connectivity index (χ0v) is 15.6. The Kier molecular flexibility index (Phi) is 3.78. The number of hydrogen-bond donors (Lipinski definition) is 1. The molecule has 0 radical (unpaired) electrons. The van der Waals surface area contributed by atoms with Crippen LogP contribution in [-0.4, -0.2) is 25.7 Å². The van der Waals surface area contributed by atoms with E-state index in [-0.39, 0.29) is 17.0 Å². The van der Waals surface area contributed by atoms with Gasteiger partial charge < -0.3 is 10.1 Å². The Morgan fingerprint density at radius 1 is 1.20 bits per heavy atom. The fourth-order valence-electron chi connectivity index (χ4n) is 4.88. The summed E-state index contributed by atoms with van der Waals surface area (Å²) in [5.74, 6) is 0.958. The monoisotopic (exact) mass is 471 g/mol. The van der Waals surface area contributed by atoms with E-state index in [1.807, 2.05) is 0 Å². The fourth-order valence-corrected chi connectivity index (χ4v) is 5.17. The summed E-state index contributed by atoms with van der Waals surface area (Å²) < 4.78 is 4.53. The van der Waals surface area contributed by atoms with Crippen LogP contribution in [-0.2, 0) is 14.3 Å². The van der Waals surface area contributed by atoms with Gasteiger partial charge in [0, 0.05) is 12.0 Å². The minimum Gasteiger partial charge on any atom is -0.461 e. The molecule has 0 spiro atoms. The van der Waals surface area contributed by atoms with Crippen molar-refractivity contribution < 1.29 is 14.3 Å². The van der Waals surface area contributed by atoms with E-state index in [0.29, 0.717) is 18.3 Å². The van der Waals surface area contributed by atoms with Crippen molar-refractivity contribution in [2.24, 2.45) is 11.8 Å². The number of carbonyl (C=O) groups is 2. The molecule has 4 saturated carbocycles. The molecule has 4 aliphatic carbocycles. The average molecular weight is 474 g/mol. The lowest BCUT2D eigenvalue weighted by molar-refractivity contribution is -0.179. The van der Waals surface area contributed by atoms with E-state index in [0.717, 1.165) is 32.1 Å². The summed E-state index contributed by atoms with van der Waals surface area (Å²) in [4.78, 5) is 23.1. The molecule has 1 N–H and O–H groups in total. The van der Waals surface area contributed by atoms with Gasteiger partial charge in [-0.15, -0.1) is 0 Å². The van der Waals surface area contributed by atoms with Gasteiger partial charge >= 0.3 is 0 Å². The van der Waals surface area contributed by atoms with E-state index in [1.54, 1.807) is 0 Å². The molecule has 4 nitrogen and oxygen atoms in total. The zero-order valence-electron chi connectivity index (χ0n) is 10.8. The van der Waals surface area contributed by atoms with Gasteiger partial charge in [-0.05, 0) is 91.7 Å². The van der Waals surface area contributed by atoms with Crippen LogP contribution in [0.1, 0.15) is 38.5 Å². The van der Waals surface area contributed by atoms with Gasteiger partial charge in [-0.25, -0.2) is 0 Å². The molecule has 0 aromatic rings. The van der Waals surface area contributed by atoms with Crippen LogP contribution >= 0.6 is 47.8 Å². The van der Waals surface area contributed by atoms with Gasteiger partial charge in [0.15, 0.2) is 0 Å². The van der Waals surface area contributed by atoms with E-state index in [1.165, 1.54) is 6.42 Å². The summed E-state index contributed by atoms with van der Waals surface area (Å²) in [6.45, 7) is 0.576. The molecule has 7 heteroatoms. The number of alkyl halides is 3. The predicted octanol–water partition coefficient (Wildman–Crippen LogP) is 3.21. The van der Waals surface area contributed by atoms with E-state index in [4.69, 9.17) is 4.74 Å². The summed E-state index contributed by atoms with van der Waals surface area (Å²) in [5.41, 5.74) is -0.586. The maximum Gasteiger partial charge on any atom is 0.293 e. The van der Waals surface area contributed by atoms with Crippen molar-refractivity contribution >= 4 is 60.2 Å². The first kappa shape index (κ1) is 15.3. The topological polar surface area (TPSA) is 55.4 Å². The summed E-state index contributed by atoms with van der Waals surface area (Å²) in [6.07, 6.45) is 5.80. The summed E-state index contributed by atoms with van der Waals surface area (Å²) in [5, 5.41) is 3.17. The van der Waals surface area contributed by atoms with Gasteiger partial charge in [-0.2, -0.15) is 0 Å². The van der Waals surface area contributed by atoms with Crippen molar-refractivity contribution in [1.82, 2.24) is 5.32 Å². The van der Waals surface area contributed by atoms with Gasteiger partial charge in [-0.3, -0.25) is 9.59 Å². The molecule has 2 unspecified atom stereocenters. The Balaban J connectivity index is 1.83. The Morgan fingerprint density at radius 2 is 1.80 bits per heavy atom. The molecule has 4 aliphatic rings. The Morgan fingerprint density at radius 3 is 2.30 bits per heavy atom. The molecule has 0 aromatic carbocycles. The first-order valence-electron chi connectivity index (χ1n) is 6.77. The number of carbonyl (C=O) groups excluding carboxylic acids is 2. The predicted molar refractivity (Wildman–Crippen MR) is 84.9 cm³/mol. The number of rotatable bonds is 3. The highest BCUT2D eigenvalue weighted by Crippen LogP contribution is 2.59. The first-order chi connectivity index (χ1) is 9.26. The molecular weight excluding hydrogens is 458 g/mol. The van der Waals surface area contributed by atoms with Gasteiger partial charge in [0.2, 0.25) is 2.14 Å². The normalized spacial score (nSPS) is 42.4. The molecule has 112 valence electrons. The van der Waals surface area contributed by atoms with E-state index >= 15 is 0 Å². The second-order valence-corrected chi connectivity index (χ2v) is 13.4. The molecular formula is C13H16Br3NO3. The average Bonchev–Trinajstić information content (AvgIpc) is 2.24. The van der Waals surface area contributed by atoms with Crippen molar-refractivity contribution in [3.8, 4) is 0 Å². The minimum atomic E-state index is -0.936. The highest BCUT2D eigenvalue weighted by Gasteiger charge is 2.60. The largest absolute Gasteiger partial charge is 0.461 e. The third kappa shape index (κ3) is 2.70. The van der Waals surface area contributed by atoms with Crippen LogP contribution < -0.4 is 5.32 Å². The highest BCUT2D eigenvalue weighted by molar-refractivity contribution is 9.40. The van der Waals surface area contributed by atoms with Crippen LogP contribution in [0.5, 0.6) is 0 Å². The summed E-state index contributed by atoms with van der Waals surface area (Å²) >= 11 is 9.78. The van der Waals surface area contributed by atoms with Crippen molar-refractivity contribution in [2.75, 3.05) is 0 Å². The zero-order chi connectivity index (χ0) is 14.6. The Labute approximate surface area is 143 Å². The summed E-state index contributed by atoms with van der Waals surface area (Å²) in [6, 6.07) is 0. The molecule has 0 saturated heterocycles. The van der Waals surface area contributed by atoms with Gasteiger partial charge in [0.1, 0.15) is 5.60 Å². The first-order valence-corrected chi connectivity index (χ1v) is 9.15. The summed E-state index contributed by atoms with van der Waals surface area (Å²) in [7, 11) is 0. The maximum atomic E-state index is 12.2. The highest BCUT2D eigenvalue weighted by atomic mass is 80.0. The van der Waals surface area contributed by atoms with E-state index in [2.05, 4.69) is 53.1 Å². The number of hydrogen-bond acceptors (Lipinski definition) is 3. The Hall–Kier alpha value is 0.380. The number of nitrogens with one attached hydrogen (secondary N) is 1. The lowest BCUT2D eigenvalue weighted by Gasteiger charge is -2.61. The molecule has 20 heavy (non-hydrogen) atoms. The van der Waals surface area contributed by atoms with Crippen LogP contribution in [0.2, 0.25) is 0 Å². The van der Waals surface area contributed by atoms with Crippen LogP contribution in [0, 0.1) is 11.8 Å². The lowest BCUT2D eigenvalue weighted by atomic mass is 9.51. The van der Waals surface area contributed by atoms with Gasteiger partial charge in [0.05, 0.1) is 0 Å². The Bertz CT molecular complexity index is 435. The van der Waals surface area contributed by atoms with Crippen molar-refractivity contribution in [2.45, 2.75) is 51.8 Å². The van der Waals surface area contributed by atoms with Crippen LogP contribution in [0.4, 0.5) is 0 Å². The van der Waals surface area contributed by atoms with E-state index in [9.17, 15) is 9.59 Å². The second-order valence-electron chi connectivity index (χ2n) is 6.59. The fraction of sp³-hybridized carbons (Fsp3) is 0.846. The van der Waals surface area contributed by atoms with Crippen molar-refractivity contribution in [1.29, 1.82) is 0 Å². The van der Waals surface area contributed by atoms with Crippen LogP contribution in [0.3, 0.4) is 0 Å². The molecule has 4 bridgehead atoms. The molecule has 4 rings (SSSR count). The van der Waals surface area contributed by atoms with Gasteiger partial charge in [0.25, 0.3) is 12.4 Å². The van der Waals surface area contributed by atoms with Crippen molar-refractivity contribution in [3.05, 3.63) is 0 Å². The third-order valence-electron chi connectivity index (χ3n) is 4.94. The number of halogens is 3. The molecule has 1 amide bonds. The van der Waals surface area contributed by atoms with Crippen molar-refractivity contribution in [3.63, 3.8) is 0 Å². The van der Waals surface area contributed by atoms with Gasteiger partial charge in [-0.1, -0.05) is 0 Å². The lowest BCUT2D eigenvalue weighted by Crippen LogP contribution is -2.66. The molecule has 2 atom stereocenters. The third-order valence-corrected chi connectivity index (χ3v) is 6.02. The molecule has 0 aliphatic heterocycles. The molecule has 0 heterocycles. The standard InChI is InChI=1S/C13H16Br3NO3/c14-13(15,16)10(19)17-11-2-8-1-9(3-11)5-12(4-8,6-11)20-7-18/h7-9H,1-6H2,(H,17,19). The molecule has 0 aromatic heterocycles. The second kappa shape index (κ2) is 4.95. The number of amides is 1. The smallest absolute Gasteiger partial charge is 0.293 e. The maximum absolute atomic E-state index is 12.2. The minimum absolute atomic E-state index is 0.138.